The molecule has 0 saturated heterocycles. The highest BCUT2D eigenvalue weighted by Gasteiger charge is 2.27. The molecule has 0 amide bonds. The van der Waals surface area contributed by atoms with Crippen molar-refractivity contribution in [2.45, 2.75) is 347 Å². The fourth-order valence-corrected chi connectivity index (χ4v) is 11.4. The Morgan fingerprint density at radius 3 is 0.955 bits per heavy atom. The lowest BCUT2D eigenvalue weighted by atomic mass is 10.0. The van der Waals surface area contributed by atoms with E-state index in [1.165, 1.54) is 212 Å². The van der Waals surface area contributed by atoms with Crippen LogP contribution in [0.15, 0.2) is 97.2 Å². The maximum Gasteiger partial charge on any atom is 0.472 e. The van der Waals surface area contributed by atoms with Crippen LogP contribution >= 0.6 is 7.82 Å². The van der Waals surface area contributed by atoms with Crippen molar-refractivity contribution in [2.24, 2.45) is 0 Å². The Morgan fingerprint density at radius 2 is 0.640 bits per heavy atom. The first-order valence-corrected chi connectivity index (χ1v) is 39.0. The second-order valence-corrected chi connectivity index (χ2v) is 27.8. The van der Waals surface area contributed by atoms with E-state index in [0.717, 1.165) is 96.3 Å². The van der Waals surface area contributed by atoms with Crippen molar-refractivity contribution in [3.05, 3.63) is 97.2 Å². The van der Waals surface area contributed by atoms with Crippen molar-refractivity contribution < 1.29 is 42.1 Å². The molecule has 0 aromatic heterocycles. The second-order valence-electron chi connectivity index (χ2n) is 26.3. The number of quaternary nitrogens is 1. The molecule has 10 heteroatoms. The van der Waals surface area contributed by atoms with Crippen molar-refractivity contribution in [1.82, 2.24) is 0 Å². The van der Waals surface area contributed by atoms with Crippen LogP contribution in [0.25, 0.3) is 0 Å². The summed E-state index contributed by atoms with van der Waals surface area (Å²) in [6.45, 7) is 4.33. The van der Waals surface area contributed by atoms with Crippen LogP contribution in [0.2, 0.25) is 0 Å². The lowest BCUT2D eigenvalue weighted by molar-refractivity contribution is -0.870. The molecule has 1 N–H and O–H groups in total. The molecule has 89 heavy (non-hydrogen) atoms. The average molecular weight is 1270 g/mol. The summed E-state index contributed by atoms with van der Waals surface area (Å²) in [6.07, 6.45) is 96.9. The molecule has 0 aromatic rings. The number of phosphoric acid groups is 1. The Morgan fingerprint density at radius 1 is 0.360 bits per heavy atom. The van der Waals surface area contributed by atoms with E-state index in [0.29, 0.717) is 17.4 Å². The molecule has 0 bridgehead atoms. The summed E-state index contributed by atoms with van der Waals surface area (Å²) in [5.74, 6) is -0.819. The number of rotatable bonds is 69. The molecule has 2 atom stereocenters. The van der Waals surface area contributed by atoms with E-state index in [-0.39, 0.29) is 32.0 Å². The average Bonchev–Trinajstić information content (AvgIpc) is 3.60. The SMILES string of the molecule is CC/C=C\C/C=C\C/C=C\C/C=C\C/C=C\C/C=C\C/C=C\C/C=C\CCCCCCC(=O)OC(COC(=O)CCCCCCCCCCCCCCCCCCCCCCCCCCCCCCCCCCCCCC)COP(=O)(O)OCC[N+](C)(C)C. The van der Waals surface area contributed by atoms with Gasteiger partial charge in [0.15, 0.2) is 6.10 Å². The van der Waals surface area contributed by atoms with E-state index in [1.54, 1.807) is 0 Å². The zero-order valence-corrected chi connectivity index (χ0v) is 59.8. The first-order valence-electron chi connectivity index (χ1n) is 37.5. The minimum Gasteiger partial charge on any atom is -0.462 e. The van der Waals surface area contributed by atoms with Gasteiger partial charge in [0, 0.05) is 12.8 Å². The van der Waals surface area contributed by atoms with E-state index in [4.69, 9.17) is 18.5 Å². The highest BCUT2D eigenvalue weighted by Crippen LogP contribution is 2.43. The lowest BCUT2D eigenvalue weighted by Crippen LogP contribution is -2.37. The second kappa shape index (κ2) is 69.3. The Balaban J connectivity index is 4.03. The summed E-state index contributed by atoms with van der Waals surface area (Å²) in [4.78, 5) is 35.9. The molecule has 9 nitrogen and oxygen atoms in total. The number of ether oxygens (including phenoxy) is 2. The maximum absolute atomic E-state index is 12.9. The molecule has 516 valence electrons. The largest absolute Gasteiger partial charge is 0.472 e. The van der Waals surface area contributed by atoms with Gasteiger partial charge in [0.2, 0.25) is 0 Å². The maximum atomic E-state index is 12.9. The molecule has 0 spiro atoms. The van der Waals surface area contributed by atoms with Crippen LogP contribution in [0.4, 0.5) is 0 Å². The number of hydrogen-bond acceptors (Lipinski definition) is 7. The number of carbonyl (C=O) groups is 2. The van der Waals surface area contributed by atoms with Gasteiger partial charge < -0.3 is 18.9 Å². The Kier molecular flexibility index (Phi) is 66.9. The summed E-state index contributed by atoms with van der Waals surface area (Å²) >= 11 is 0. The molecular formula is C79H143NO8P+. The fraction of sp³-hybridized carbons (Fsp3) is 0.772. The molecule has 0 saturated carbocycles. The van der Waals surface area contributed by atoms with Crippen LogP contribution in [0, 0.1) is 0 Å². The standard InChI is InChI=1S/C79H142NO8P/c1-6-8-10-12-14-16-18-20-22-24-26-28-30-32-34-36-37-38-39-40-41-42-44-45-47-49-51-53-55-57-59-61-63-65-67-69-71-78(81)85-75-77(76-87-89(83,84)86-74-73-80(3,4)5)88-79(82)72-70-68-66-64-62-60-58-56-54-52-50-48-46-43-35-33-31-29-27-25-23-21-19-17-15-13-11-9-7-2/h9,11,15,17,21,23,27,29,33,35,46,48,52,54,58,60,77H,6-8,10,12-14,16,18-20,22,24-26,28,30-32,34,36-45,47,49-51,53,55-57,59,61-76H2,1-5H3/p+1/b11-9-,17-15-,23-21-,29-27-,35-33-,48-46-,54-52-,60-58-. The predicted molar refractivity (Wildman–Crippen MR) is 385 cm³/mol. The van der Waals surface area contributed by atoms with Crippen molar-refractivity contribution in [1.29, 1.82) is 0 Å². The number of unbranched alkanes of at least 4 members (excludes halogenated alkanes) is 39. The van der Waals surface area contributed by atoms with Crippen molar-refractivity contribution in [3.8, 4) is 0 Å². The van der Waals surface area contributed by atoms with Crippen LogP contribution in [-0.2, 0) is 32.7 Å². The monoisotopic (exact) mass is 1270 g/mol. The number of allylic oxidation sites excluding steroid dienone is 16. The third kappa shape index (κ3) is 73.9. The first-order chi connectivity index (χ1) is 43.5. The molecule has 2 unspecified atom stereocenters. The molecule has 0 aliphatic heterocycles. The summed E-state index contributed by atoms with van der Waals surface area (Å²) < 4.78 is 34.7. The summed E-state index contributed by atoms with van der Waals surface area (Å²) in [5.41, 5.74) is 0. The van der Waals surface area contributed by atoms with Gasteiger partial charge in [0.05, 0.1) is 27.7 Å². The van der Waals surface area contributed by atoms with Gasteiger partial charge in [-0.2, -0.15) is 0 Å². The molecule has 0 rings (SSSR count). The van der Waals surface area contributed by atoms with E-state index in [1.807, 2.05) is 21.1 Å². The molecule has 0 radical (unpaired) electrons. The van der Waals surface area contributed by atoms with Crippen molar-refractivity contribution >= 4 is 19.8 Å². The number of carbonyl (C=O) groups excluding carboxylic acids is 2. The van der Waals surface area contributed by atoms with Crippen LogP contribution in [0.5, 0.6) is 0 Å². The molecule has 0 aliphatic rings. The zero-order valence-electron chi connectivity index (χ0n) is 58.9. The number of esters is 2. The van der Waals surface area contributed by atoms with Crippen LogP contribution in [-0.4, -0.2) is 74.9 Å². The van der Waals surface area contributed by atoms with E-state index in [9.17, 15) is 19.0 Å². The topological polar surface area (TPSA) is 108 Å². The number of phosphoric ester groups is 1. The van der Waals surface area contributed by atoms with Crippen molar-refractivity contribution in [3.63, 3.8) is 0 Å². The summed E-state index contributed by atoms with van der Waals surface area (Å²) in [6, 6.07) is 0. The van der Waals surface area contributed by atoms with Crippen LogP contribution < -0.4 is 0 Å². The fourth-order valence-electron chi connectivity index (χ4n) is 10.7. The zero-order chi connectivity index (χ0) is 64.8. The highest BCUT2D eigenvalue weighted by atomic mass is 31.2. The third-order valence-electron chi connectivity index (χ3n) is 16.4. The van der Waals surface area contributed by atoms with Gasteiger partial charge in [-0.1, -0.05) is 349 Å². The predicted octanol–water partition coefficient (Wildman–Crippen LogP) is 24.7. The Bertz CT molecular complexity index is 1820. The lowest BCUT2D eigenvalue weighted by Gasteiger charge is -2.24. The van der Waals surface area contributed by atoms with Gasteiger partial charge >= 0.3 is 19.8 Å². The van der Waals surface area contributed by atoms with Crippen molar-refractivity contribution in [2.75, 3.05) is 47.5 Å². The molecular weight excluding hydrogens is 1120 g/mol. The Labute approximate surface area is 551 Å². The van der Waals surface area contributed by atoms with E-state index >= 15 is 0 Å². The van der Waals surface area contributed by atoms with Crippen LogP contribution in [0.3, 0.4) is 0 Å². The highest BCUT2D eigenvalue weighted by molar-refractivity contribution is 7.47. The molecule has 0 aromatic carbocycles. The quantitative estimate of drug-likeness (QED) is 0.0211. The normalized spacial score (nSPS) is 13.6. The van der Waals surface area contributed by atoms with Gasteiger partial charge in [0.25, 0.3) is 0 Å². The van der Waals surface area contributed by atoms with Gasteiger partial charge in [0.1, 0.15) is 19.8 Å². The number of likely N-dealkylation sites (N-methyl/N-ethyl adjacent to an activating group) is 1. The molecule has 0 aliphatic carbocycles. The number of nitrogens with zero attached hydrogens (tertiary/aromatic N) is 1. The van der Waals surface area contributed by atoms with Gasteiger partial charge in [-0.05, 0) is 77.0 Å². The minimum atomic E-state index is -4.41. The van der Waals surface area contributed by atoms with Gasteiger partial charge in [-0.3, -0.25) is 18.6 Å². The molecule has 0 heterocycles. The van der Waals surface area contributed by atoms with Gasteiger partial charge in [-0.25, -0.2) is 4.57 Å². The third-order valence-corrected chi connectivity index (χ3v) is 17.4. The first kappa shape index (κ1) is 85.9. The van der Waals surface area contributed by atoms with Gasteiger partial charge in [-0.15, -0.1) is 0 Å². The molecule has 0 fully saturated rings. The summed E-state index contributed by atoms with van der Waals surface area (Å²) in [5, 5.41) is 0. The van der Waals surface area contributed by atoms with Crippen LogP contribution in [0.1, 0.15) is 341 Å². The number of hydrogen-bond donors (Lipinski definition) is 1. The minimum absolute atomic E-state index is 0.0229. The summed E-state index contributed by atoms with van der Waals surface area (Å²) in [7, 11) is 1.46. The van der Waals surface area contributed by atoms with E-state index in [2.05, 4.69) is 111 Å². The Hall–Kier alpha value is -3.07. The smallest absolute Gasteiger partial charge is 0.462 e. The van der Waals surface area contributed by atoms with E-state index < -0.39 is 26.5 Å².